The normalized spacial score (nSPS) is 10.9. The van der Waals surface area contributed by atoms with Gasteiger partial charge in [0.25, 0.3) is 5.91 Å². The van der Waals surface area contributed by atoms with Gasteiger partial charge in [-0.1, -0.05) is 24.0 Å². The van der Waals surface area contributed by atoms with E-state index in [4.69, 9.17) is 5.73 Å². The Labute approximate surface area is 206 Å². The Kier molecular flexibility index (Phi) is 6.85. The molecule has 178 valence electrons. The largest absolute Gasteiger partial charge is 0.383 e. The van der Waals surface area contributed by atoms with Gasteiger partial charge in [0.15, 0.2) is 0 Å². The first-order valence-corrected chi connectivity index (χ1v) is 11.5. The minimum Gasteiger partial charge on any atom is -0.383 e. The van der Waals surface area contributed by atoms with Crippen molar-refractivity contribution in [2.24, 2.45) is 0 Å². The van der Waals surface area contributed by atoms with Crippen molar-refractivity contribution in [3.63, 3.8) is 0 Å². The van der Waals surface area contributed by atoms with Gasteiger partial charge < -0.3 is 20.5 Å². The monoisotopic (exact) mass is 466 g/mol. The molecular formula is C28H30N6O. The molecule has 0 atom stereocenters. The highest BCUT2D eigenvalue weighted by Crippen LogP contribution is 2.23. The fourth-order valence-electron chi connectivity index (χ4n) is 4.01. The third-order valence-electron chi connectivity index (χ3n) is 5.94. The third kappa shape index (κ3) is 5.18. The van der Waals surface area contributed by atoms with Crippen LogP contribution in [0.5, 0.6) is 0 Å². The second-order valence-electron chi connectivity index (χ2n) is 8.90. The van der Waals surface area contributed by atoms with Crippen molar-refractivity contribution in [3.05, 3.63) is 82.3 Å². The molecule has 7 nitrogen and oxygen atoms in total. The van der Waals surface area contributed by atoms with E-state index >= 15 is 0 Å². The lowest BCUT2D eigenvalue weighted by molar-refractivity contribution is 0.102. The average molecular weight is 467 g/mol. The van der Waals surface area contributed by atoms with Crippen molar-refractivity contribution < 1.29 is 4.79 Å². The fraction of sp³-hybridized carbons (Fsp3) is 0.250. The van der Waals surface area contributed by atoms with Crippen molar-refractivity contribution in [2.75, 3.05) is 25.1 Å². The van der Waals surface area contributed by atoms with Crippen LogP contribution >= 0.6 is 0 Å². The standard InChI is InChI=1S/C28H30N6O/c1-6-34-16-23(25-26(29)30-17-31-27(25)34)10-9-20-14-21(8-7-18(20)2)28(35)32-24-12-11-22(15-33(4)5)19(3)13-24/h7-8,11-14,16-17H,6,15H2,1-5H3,(H,32,35)(H2,29,30,31). The second-order valence-corrected chi connectivity index (χ2v) is 8.90. The maximum atomic E-state index is 13.0. The number of carbonyl (C=O) groups is 1. The number of amides is 1. The highest BCUT2D eigenvalue weighted by Gasteiger charge is 2.12. The van der Waals surface area contributed by atoms with E-state index in [0.717, 1.165) is 52.1 Å². The number of nitrogen functional groups attached to an aromatic ring is 1. The summed E-state index contributed by atoms with van der Waals surface area (Å²) < 4.78 is 2.00. The Hall–Kier alpha value is -4.15. The van der Waals surface area contributed by atoms with E-state index in [-0.39, 0.29) is 5.91 Å². The van der Waals surface area contributed by atoms with Gasteiger partial charge in [0, 0.05) is 36.1 Å². The van der Waals surface area contributed by atoms with Crippen LogP contribution in [0.25, 0.3) is 11.0 Å². The van der Waals surface area contributed by atoms with E-state index in [9.17, 15) is 4.79 Å². The molecule has 0 bridgehead atoms. The first kappa shape index (κ1) is 24.0. The van der Waals surface area contributed by atoms with Crippen LogP contribution in [0.3, 0.4) is 0 Å². The highest BCUT2D eigenvalue weighted by atomic mass is 16.1. The molecular weight excluding hydrogens is 436 g/mol. The minimum atomic E-state index is -0.173. The Balaban J connectivity index is 1.60. The fourth-order valence-corrected chi connectivity index (χ4v) is 4.01. The minimum absolute atomic E-state index is 0.173. The van der Waals surface area contributed by atoms with Gasteiger partial charge >= 0.3 is 0 Å². The molecule has 0 aliphatic rings. The molecule has 4 aromatic rings. The number of hydrogen-bond acceptors (Lipinski definition) is 5. The van der Waals surface area contributed by atoms with Crippen LogP contribution in [0.4, 0.5) is 11.5 Å². The quantitative estimate of drug-likeness (QED) is 0.427. The van der Waals surface area contributed by atoms with Crippen LogP contribution in [0, 0.1) is 25.7 Å². The van der Waals surface area contributed by atoms with Crippen molar-refractivity contribution in [1.29, 1.82) is 0 Å². The predicted octanol–water partition coefficient (Wildman–Crippen LogP) is 4.36. The number of aromatic nitrogens is 3. The maximum absolute atomic E-state index is 13.0. The van der Waals surface area contributed by atoms with Crippen molar-refractivity contribution in [3.8, 4) is 11.8 Å². The van der Waals surface area contributed by atoms with Gasteiger partial charge in [-0.3, -0.25) is 4.79 Å². The summed E-state index contributed by atoms with van der Waals surface area (Å²) in [5.41, 5.74) is 13.1. The molecule has 0 radical (unpaired) electrons. The van der Waals surface area contributed by atoms with Crippen molar-refractivity contribution >= 4 is 28.4 Å². The molecule has 0 unspecified atom stereocenters. The predicted molar refractivity (Wildman–Crippen MR) is 141 cm³/mol. The summed E-state index contributed by atoms with van der Waals surface area (Å²) in [5, 5.41) is 3.76. The number of benzene rings is 2. The smallest absolute Gasteiger partial charge is 0.255 e. The van der Waals surface area contributed by atoms with Gasteiger partial charge in [-0.2, -0.15) is 0 Å². The summed E-state index contributed by atoms with van der Waals surface area (Å²) in [7, 11) is 4.08. The Morgan fingerprint density at radius 3 is 2.54 bits per heavy atom. The first-order valence-electron chi connectivity index (χ1n) is 11.5. The highest BCUT2D eigenvalue weighted by molar-refractivity contribution is 6.04. The number of aryl methyl sites for hydroxylation is 3. The lowest BCUT2D eigenvalue weighted by Crippen LogP contribution is -2.14. The third-order valence-corrected chi connectivity index (χ3v) is 5.94. The average Bonchev–Trinajstić information content (AvgIpc) is 3.19. The molecule has 0 saturated heterocycles. The summed E-state index contributed by atoms with van der Waals surface area (Å²) in [6, 6.07) is 11.5. The van der Waals surface area contributed by atoms with Crippen LogP contribution in [-0.4, -0.2) is 39.4 Å². The molecule has 0 aliphatic carbocycles. The zero-order valence-corrected chi connectivity index (χ0v) is 20.8. The molecule has 2 heterocycles. The second kappa shape index (κ2) is 10.00. The van der Waals surface area contributed by atoms with E-state index in [1.54, 1.807) is 0 Å². The summed E-state index contributed by atoms with van der Waals surface area (Å²) in [6.45, 7) is 7.68. The molecule has 35 heavy (non-hydrogen) atoms. The van der Waals surface area contributed by atoms with Gasteiger partial charge in [-0.15, -0.1) is 0 Å². The Morgan fingerprint density at radius 2 is 1.83 bits per heavy atom. The van der Waals surface area contributed by atoms with E-state index < -0.39 is 0 Å². The van der Waals surface area contributed by atoms with Crippen LogP contribution in [0.2, 0.25) is 0 Å². The molecule has 0 spiro atoms. The Bertz CT molecular complexity index is 1470. The van der Waals surface area contributed by atoms with Gasteiger partial charge in [0.1, 0.15) is 17.8 Å². The SMILES string of the molecule is CCn1cc(C#Cc2cc(C(=O)Nc3ccc(CN(C)C)c(C)c3)ccc2C)c2c(N)ncnc21. The molecule has 0 aliphatic heterocycles. The van der Waals surface area contributed by atoms with E-state index in [0.29, 0.717) is 11.4 Å². The van der Waals surface area contributed by atoms with Crippen molar-refractivity contribution in [1.82, 2.24) is 19.4 Å². The molecule has 2 aromatic carbocycles. The lowest BCUT2D eigenvalue weighted by atomic mass is 10.0. The molecule has 4 rings (SSSR count). The van der Waals surface area contributed by atoms with Crippen LogP contribution in [0.15, 0.2) is 48.9 Å². The molecule has 7 heteroatoms. The number of anilines is 2. The van der Waals surface area contributed by atoms with Crippen LogP contribution in [-0.2, 0) is 13.1 Å². The van der Waals surface area contributed by atoms with Gasteiger partial charge in [0.2, 0.25) is 0 Å². The molecule has 0 saturated carbocycles. The lowest BCUT2D eigenvalue weighted by Gasteiger charge is -2.14. The number of nitrogens with two attached hydrogens (primary N) is 1. The number of nitrogens with one attached hydrogen (secondary N) is 1. The summed E-state index contributed by atoms with van der Waals surface area (Å²) in [6.07, 6.45) is 3.40. The van der Waals surface area contributed by atoms with Gasteiger partial charge in [-0.05, 0) is 75.8 Å². The van der Waals surface area contributed by atoms with E-state index in [1.165, 1.54) is 11.9 Å². The van der Waals surface area contributed by atoms with Gasteiger partial charge in [-0.25, -0.2) is 9.97 Å². The zero-order valence-electron chi connectivity index (χ0n) is 20.8. The number of carbonyl (C=O) groups excluding carboxylic acids is 1. The number of nitrogens with zero attached hydrogens (tertiary/aromatic N) is 4. The molecule has 0 fully saturated rings. The first-order chi connectivity index (χ1) is 16.8. The molecule has 2 aromatic heterocycles. The Morgan fingerprint density at radius 1 is 1.06 bits per heavy atom. The number of hydrogen-bond donors (Lipinski definition) is 2. The topological polar surface area (TPSA) is 89.1 Å². The summed E-state index contributed by atoms with van der Waals surface area (Å²) in [5.74, 6) is 6.67. The zero-order chi connectivity index (χ0) is 25.1. The van der Waals surface area contributed by atoms with E-state index in [2.05, 4.69) is 45.0 Å². The number of rotatable bonds is 5. The number of fused-ring (bicyclic) bond motifs is 1. The van der Waals surface area contributed by atoms with Gasteiger partial charge in [0.05, 0.1) is 10.9 Å². The summed E-state index contributed by atoms with van der Waals surface area (Å²) >= 11 is 0. The summed E-state index contributed by atoms with van der Waals surface area (Å²) in [4.78, 5) is 23.6. The van der Waals surface area contributed by atoms with Crippen LogP contribution in [0.1, 0.15) is 45.1 Å². The van der Waals surface area contributed by atoms with Crippen molar-refractivity contribution in [2.45, 2.75) is 33.9 Å². The van der Waals surface area contributed by atoms with Crippen LogP contribution < -0.4 is 11.1 Å². The maximum Gasteiger partial charge on any atom is 0.255 e. The van der Waals surface area contributed by atoms with E-state index in [1.807, 2.05) is 69.0 Å². The molecule has 1 amide bonds. The molecule has 3 N–H and O–H groups in total.